The maximum Gasteiger partial charge on any atom is 0.143 e. The molecule has 0 N–H and O–H groups in total. The second kappa shape index (κ2) is 12.7. The molecule has 4 nitrogen and oxygen atoms in total. The lowest BCUT2D eigenvalue weighted by atomic mass is 9.84. The van der Waals surface area contributed by atoms with Crippen molar-refractivity contribution in [2.24, 2.45) is 0 Å². The van der Waals surface area contributed by atoms with Gasteiger partial charge in [0.25, 0.3) is 0 Å². The van der Waals surface area contributed by atoms with Crippen molar-refractivity contribution in [1.82, 2.24) is 9.97 Å². The molecule has 0 aliphatic heterocycles. The summed E-state index contributed by atoms with van der Waals surface area (Å²) >= 11 is 0. The van der Waals surface area contributed by atoms with Crippen LogP contribution >= 0.6 is 0 Å². The van der Waals surface area contributed by atoms with Crippen molar-refractivity contribution >= 4 is 87.0 Å². The van der Waals surface area contributed by atoms with Gasteiger partial charge in [-0.25, -0.2) is 0 Å². The fourth-order valence-electron chi connectivity index (χ4n) is 9.53. The molecule has 0 bridgehead atoms. The molecule has 0 fully saturated rings. The van der Waals surface area contributed by atoms with Crippen molar-refractivity contribution < 1.29 is 8.83 Å². The minimum Gasteiger partial charge on any atom is -0.455 e. The van der Waals surface area contributed by atoms with Gasteiger partial charge in [0.05, 0.1) is 11.4 Å². The van der Waals surface area contributed by atoms with E-state index in [1.807, 2.05) is 24.4 Å². The first-order chi connectivity index (χ1) is 29.7. The van der Waals surface area contributed by atoms with Crippen molar-refractivity contribution in [3.05, 3.63) is 194 Å². The molecule has 13 aromatic rings. The summed E-state index contributed by atoms with van der Waals surface area (Å²) in [5.74, 6) is 0. The van der Waals surface area contributed by atoms with Gasteiger partial charge >= 0.3 is 0 Å². The van der Waals surface area contributed by atoms with Crippen LogP contribution in [-0.4, -0.2) is 9.97 Å². The van der Waals surface area contributed by atoms with Gasteiger partial charge in [0.15, 0.2) is 0 Å². The van der Waals surface area contributed by atoms with Crippen molar-refractivity contribution in [1.29, 1.82) is 0 Å². The summed E-state index contributed by atoms with van der Waals surface area (Å²) in [5, 5.41) is 13.7. The Kier molecular flexibility index (Phi) is 6.98. The van der Waals surface area contributed by atoms with Crippen molar-refractivity contribution in [2.75, 3.05) is 0 Å². The van der Waals surface area contributed by atoms with Crippen LogP contribution < -0.4 is 0 Å². The van der Waals surface area contributed by atoms with Gasteiger partial charge in [0, 0.05) is 50.3 Å². The zero-order valence-electron chi connectivity index (χ0n) is 32.2. The van der Waals surface area contributed by atoms with Gasteiger partial charge in [-0.2, -0.15) is 0 Å². The van der Waals surface area contributed by atoms with Crippen LogP contribution in [0.15, 0.2) is 203 Å². The Morgan fingerprint density at radius 3 is 1.37 bits per heavy atom. The molecule has 0 radical (unpaired) electrons. The summed E-state index contributed by atoms with van der Waals surface area (Å²) < 4.78 is 13.2. The number of fused-ring (bicyclic) bond motifs is 12. The van der Waals surface area contributed by atoms with Crippen molar-refractivity contribution in [3.8, 4) is 44.8 Å². The number of pyridine rings is 2. The minimum atomic E-state index is 0.845. The van der Waals surface area contributed by atoms with Crippen LogP contribution in [0.25, 0.3) is 132 Å². The fraction of sp³-hybridized carbons (Fsp3) is 0. The predicted octanol–water partition coefficient (Wildman–Crippen LogP) is 15.6. The van der Waals surface area contributed by atoms with E-state index in [-0.39, 0.29) is 0 Å². The van der Waals surface area contributed by atoms with Crippen LogP contribution in [0.3, 0.4) is 0 Å². The lowest BCUT2D eigenvalue weighted by Gasteiger charge is -2.19. The second-order valence-corrected chi connectivity index (χ2v) is 15.7. The molecular formula is C56H32N2O2. The molecule has 13 rings (SSSR count). The topological polar surface area (TPSA) is 52.1 Å². The van der Waals surface area contributed by atoms with E-state index in [9.17, 15) is 0 Å². The molecule has 0 unspecified atom stereocenters. The first kappa shape index (κ1) is 32.9. The Balaban J connectivity index is 1.08. The van der Waals surface area contributed by atoms with E-state index in [1.54, 1.807) is 6.20 Å². The molecule has 0 saturated heterocycles. The summed E-state index contributed by atoms with van der Waals surface area (Å²) in [4.78, 5) is 9.39. The van der Waals surface area contributed by atoms with Gasteiger partial charge in [-0.05, 0) is 121 Å². The van der Waals surface area contributed by atoms with Crippen LogP contribution in [0.1, 0.15) is 0 Å². The van der Waals surface area contributed by atoms with Gasteiger partial charge in [-0.1, -0.05) is 121 Å². The van der Waals surface area contributed by atoms with E-state index in [4.69, 9.17) is 13.8 Å². The zero-order chi connectivity index (χ0) is 39.3. The number of aromatic nitrogens is 2. The molecule has 4 aromatic heterocycles. The van der Waals surface area contributed by atoms with Gasteiger partial charge in [-0.3, -0.25) is 9.97 Å². The highest BCUT2D eigenvalue weighted by Crippen LogP contribution is 2.47. The summed E-state index contributed by atoms with van der Waals surface area (Å²) in [6, 6.07) is 64.9. The van der Waals surface area contributed by atoms with Crippen molar-refractivity contribution in [3.63, 3.8) is 0 Å². The van der Waals surface area contributed by atoms with Crippen LogP contribution in [0.5, 0.6) is 0 Å². The predicted molar refractivity (Wildman–Crippen MR) is 248 cm³/mol. The summed E-state index contributed by atoms with van der Waals surface area (Å²) in [7, 11) is 0. The zero-order valence-corrected chi connectivity index (χ0v) is 32.2. The molecule has 0 aliphatic carbocycles. The molecule has 278 valence electrons. The van der Waals surface area contributed by atoms with Crippen LogP contribution in [0, 0.1) is 0 Å². The van der Waals surface area contributed by atoms with Crippen LogP contribution in [-0.2, 0) is 0 Å². The van der Waals surface area contributed by atoms with Crippen LogP contribution in [0.2, 0.25) is 0 Å². The van der Waals surface area contributed by atoms with E-state index in [1.165, 1.54) is 38.1 Å². The SMILES string of the molecule is c1ccc(-c2ccc(-c3ccc4c(-c5ccc6oc7c8ccccc8ccc7c6c5)c5ccccc5c(-c5ccc6oc7c8ccccc8ccc7c6c5)c4c3)cn2)nc1. The normalized spacial score (nSPS) is 12.0. The molecule has 9 aromatic carbocycles. The van der Waals surface area contributed by atoms with Gasteiger partial charge < -0.3 is 8.83 Å². The quantitative estimate of drug-likeness (QED) is 0.168. The highest BCUT2D eigenvalue weighted by molar-refractivity contribution is 6.24. The minimum absolute atomic E-state index is 0.845. The molecule has 0 atom stereocenters. The van der Waals surface area contributed by atoms with E-state index < -0.39 is 0 Å². The monoisotopic (exact) mass is 764 g/mol. The van der Waals surface area contributed by atoms with E-state index >= 15 is 0 Å². The molecule has 0 amide bonds. The highest BCUT2D eigenvalue weighted by Gasteiger charge is 2.21. The van der Waals surface area contributed by atoms with Gasteiger partial charge in [0.1, 0.15) is 22.3 Å². The number of hydrogen-bond acceptors (Lipinski definition) is 4. The Morgan fingerprint density at radius 1 is 0.300 bits per heavy atom. The number of rotatable bonds is 4. The smallest absolute Gasteiger partial charge is 0.143 e. The van der Waals surface area contributed by atoms with E-state index in [2.05, 4.69) is 169 Å². The molecule has 4 heteroatoms. The average molecular weight is 765 g/mol. The van der Waals surface area contributed by atoms with Crippen molar-refractivity contribution in [2.45, 2.75) is 0 Å². The maximum absolute atomic E-state index is 6.59. The van der Waals surface area contributed by atoms with E-state index in [0.717, 1.165) is 93.7 Å². The highest BCUT2D eigenvalue weighted by atomic mass is 16.3. The number of benzene rings is 9. The molecule has 4 heterocycles. The standard InChI is InChI=1S/C56H32N2O2/c1-3-11-39-33(9-1)16-23-44-46-30-36(20-26-51(46)59-55(39)44)53-41-13-5-6-14-42(41)54(37-21-27-52-47(31-37)45-24-17-34-10-2-4-12-40(34)56(45)60-52)48-29-35(18-22-43(48)53)38-19-25-50(58-32-38)49-15-7-8-28-57-49/h1-32H. The third kappa shape index (κ3) is 4.91. The summed E-state index contributed by atoms with van der Waals surface area (Å²) in [6.07, 6.45) is 3.76. The van der Waals surface area contributed by atoms with Gasteiger partial charge in [0.2, 0.25) is 0 Å². The summed E-state index contributed by atoms with van der Waals surface area (Å²) in [6.45, 7) is 0. The second-order valence-electron chi connectivity index (χ2n) is 15.7. The Morgan fingerprint density at radius 2 is 0.783 bits per heavy atom. The lowest BCUT2D eigenvalue weighted by molar-refractivity contribution is 0.672. The molecule has 0 spiro atoms. The Bertz CT molecular complexity index is 3880. The number of nitrogens with zero attached hydrogens (tertiary/aromatic N) is 2. The molecule has 0 aliphatic rings. The van der Waals surface area contributed by atoms with Crippen LogP contribution in [0.4, 0.5) is 0 Å². The first-order valence-electron chi connectivity index (χ1n) is 20.3. The average Bonchev–Trinajstić information content (AvgIpc) is 3.89. The first-order valence-corrected chi connectivity index (χ1v) is 20.3. The fourth-order valence-corrected chi connectivity index (χ4v) is 9.53. The maximum atomic E-state index is 6.59. The van der Waals surface area contributed by atoms with Gasteiger partial charge in [-0.15, -0.1) is 0 Å². The number of hydrogen-bond donors (Lipinski definition) is 0. The lowest BCUT2D eigenvalue weighted by Crippen LogP contribution is -1.92. The third-order valence-corrected chi connectivity index (χ3v) is 12.3. The summed E-state index contributed by atoms with van der Waals surface area (Å²) in [5.41, 5.74) is 12.1. The Hall–Kier alpha value is -8.08. The number of furan rings is 2. The molecule has 60 heavy (non-hydrogen) atoms. The Labute approximate surface area is 343 Å². The molecular weight excluding hydrogens is 733 g/mol. The van der Waals surface area contributed by atoms with E-state index in [0.29, 0.717) is 0 Å². The molecule has 0 saturated carbocycles. The largest absolute Gasteiger partial charge is 0.455 e. The third-order valence-electron chi connectivity index (χ3n) is 12.3.